The molecule has 0 atom stereocenters. The SMILES string of the molecule is O=C(Nc1ccccc1F)N1CCCN(c2ccc3nnc(-c4ccccc4)n3n2)CC1. The highest BCUT2D eigenvalue weighted by Gasteiger charge is 2.21. The number of hydrogen-bond acceptors (Lipinski definition) is 5. The van der Waals surface area contributed by atoms with Gasteiger partial charge >= 0.3 is 6.03 Å². The smallest absolute Gasteiger partial charge is 0.321 e. The number of benzene rings is 2. The maximum absolute atomic E-state index is 13.9. The van der Waals surface area contributed by atoms with Crippen LogP contribution in [0.2, 0.25) is 0 Å². The Morgan fingerprint density at radius 3 is 2.53 bits per heavy atom. The predicted octanol–water partition coefficient (Wildman–Crippen LogP) is 3.67. The highest BCUT2D eigenvalue weighted by molar-refractivity contribution is 5.89. The normalized spacial score (nSPS) is 14.4. The van der Waals surface area contributed by atoms with E-state index in [1.807, 2.05) is 42.5 Å². The summed E-state index contributed by atoms with van der Waals surface area (Å²) in [5, 5.41) is 16.0. The third kappa shape index (κ3) is 3.96. The van der Waals surface area contributed by atoms with Crippen LogP contribution in [0.15, 0.2) is 66.7 Å². The monoisotopic (exact) mass is 431 g/mol. The summed E-state index contributed by atoms with van der Waals surface area (Å²) in [7, 11) is 0. The fourth-order valence-corrected chi connectivity index (χ4v) is 3.82. The second-order valence-corrected chi connectivity index (χ2v) is 7.59. The van der Waals surface area contributed by atoms with Gasteiger partial charge in [0.05, 0.1) is 5.69 Å². The van der Waals surface area contributed by atoms with Crippen molar-refractivity contribution in [1.29, 1.82) is 0 Å². The lowest BCUT2D eigenvalue weighted by Gasteiger charge is -2.23. The van der Waals surface area contributed by atoms with E-state index in [4.69, 9.17) is 5.10 Å². The molecule has 0 unspecified atom stereocenters. The molecule has 9 heteroatoms. The minimum Gasteiger partial charge on any atom is -0.353 e. The Morgan fingerprint density at radius 1 is 0.875 bits per heavy atom. The zero-order valence-corrected chi connectivity index (χ0v) is 17.4. The van der Waals surface area contributed by atoms with Gasteiger partial charge < -0.3 is 15.1 Å². The van der Waals surface area contributed by atoms with Gasteiger partial charge in [0.25, 0.3) is 0 Å². The highest BCUT2D eigenvalue weighted by atomic mass is 19.1. The first-order chi connectivity index (χ1) is 15.7. The van der Waals surface area contributed by atoms with Crippen molar-refractivity contribution < 1.29 is 9.18 Å². The Labute approximate surface area is 184 Å². The van der Waals surface area contributed by atoms with Gasteiger partial charge in [-0.2, -0.15) is 4.52 Å². The number of hydrogen-bond donors (Lipinski definition) is 1. The van der Waals surface area contributed by atoms with Gasteiger partial charge in [0, 0.05) is 31.7 Å². The maximum atomic E-state index is 13.9. The average Bonchev–Trinajstić information content (AvgIpc) is 3.08. The molecule has 0 radical (unpaired) electrons. The molecule has 32 heavy (non-hydrogen) atoms. The molecule has 2 aromatic heterocycles. The van der Waals surface area contributed by atoms with Crippen LogP contribution in [0.4, 0.5) is 20.7 Å². The number of aromatic nitrogens is 4. The zero-order valence-electron chi connectivity index (χ0n) is 17.4. The number of para-hydroxylation sites is 1. The summed E-state index contributed by atoms with van der Waals surface area (Å²) in [6, 6.07) is 19.5. The Balaban J connectivity index is 1.32. The van der Waals surface area contributed by atoms with Crippen molar-refractivity contribution in [3.63, 3.8) is 0 Å². The average molecular weight is 431 g/mol. The van der Waals surface area contributed by atoms with Crippen molar-refractivity contribution in [1.82, 2.24) is 24.7 Å². The number of fused-ring (bicyclic) bond motifs is 1. The molecule has 2 amide bonds. The molecule has 0 bridgehead atoms. The van der Waals surface area contributed by atoms with Crippen LogP contribution < -0.4 is 10.2 Å². The first-order valence-electron chi connectivity index (χ1n) is 10.5. The summed E-state index contributed by atoms with van der Waals surface area (Å²) >= 11 is 0. The van der Waals surface area contributed by atoms with Crippen molar-refractivity contribution in [2.24, 2.45) is 0 Å². The van der Waals surface area contributed by atoms with E-state index in [1.54, 1.807) is 27.6 Å². The van der Waals surface area contributed by atoms with Crippen LogP contribution >= 0.6 is 0 Å². The van der Waals surface area contributed by atoms with Crippen LogP contribution in [0.25, 0.3) is 17.0 Å². The fourth-order valence-electron chi connectivity index (χ4n) is 3.82. The van der Waals surface area contributed by atoms with Crippen LogP contribution in [-0.2, 0) is 0 Å². The molecular weight excluding hydrogens is 409 g/mol. The van der Waals surface area contributed by atoms with Crippen molar-refractivity contribution in [3.8, 4) is 11.4 Å². The van der Waals surface area contributed by atoms with Crippen LogP contribution in [-0.4, -0.2) is 56.9 Å². The molecule has 0 spiro atoms. The second-order valence-electron chi connectivity index (χ2n) is 7.59. The lowest BCUT2D eigenvalue weighted by Crippen LogP contribution is -2.38. The number of amides is 2. The van der Waals surface area contributed by atoms with E-state index in [-0.39, 0.29) is 11.7 Å². The number of urea groups is 1. The molecule has 1 saturated heterocycles. The quantitative estimate of drug-likeness (QED) is 0.536. The van der Waals surface area contributed by atoms with Crippen LogP contribution in [0, 0.1) is 5.82 Å². The largest absolute Gasteiger partial charge is 0.353 e. The van der Waals surface area contributed by atoms with Crippen LogP contribution in [0.3, 0.4) is 0 Å². The molecule has 1 aliphatic heterocycles. The summed E-state index contributed by atoms with van der Waals surface area (Å²) in [6.45, 7) is 2.46. The predicted molar refractivity (Wildman–Crippen MR) is 120 cm³/mol. The van der Waals surface area contributed by atoms with E-state index in [9.17, 15) is 9.18 Å². The number of halogens is 1. The van der Waals surface area contributed by atoms with Crippen LogP contribution in [0.5, 0.6) is 0 Å². The van der Waals surface area contributed by atoms with Gasteiger partial charge in [-0.1, -0.05) is 42.5 Å². The van der Waals surface area contributed by atoms with Gasteiger partial charge in [0.15, 0.2) is 11.5 Å². The molecule has 0 aliphatic carbocycles. The van der Waals surface area contributed by atoms with Gasteiger partial charge in [-0.15, -0.1) is 15.3 Å². The Morgan fingerprint density at radius 2 is 1.69 bits per heavy atom. The van der Waals surface area contributed by atoms with Gasteiger partial charge in [0.1, 0.15) is 11.6 Å². The summed E-state index contributed by atoms with van der Waals surface area (Å²) in [5.74, 6) is 1.03. The van der Waals surface area contributed by atoms with E-state index < -0.39 is 5.82 Å². The number of carbonyl (C=O) groups is 1. The number of carbonyl (C=O) groups excluding carboxylic acids is 1. The van der Waals surface area contributed by atoms with Gasteiger partial charge in [-0.05, 0) is 30.7 Å². The minimum atomic E-state index is -0.446. The Kier molecular flexibility index (Phi) is 5.37. The number of nitrogens with zero attached hydrogens (tertiary/aromatic N) is 6. The van der Waals surface area contributed by atoms with Gasteiger partial charge in [-0.3, -0.25) is 0 Å². The van der Waals surface area contributed by atoms with E-state index in [0.717, 1.165) is 24.3 Å². The topological polar surface area (TPSA) is 78.7 Å². The molecule has 1 fully saturated rings. The summed E-state index contributed by atoms with van der Waals surface area (Å²) in [5.41, 5.74) is 1.80. The Bertz CT molecular complexity index is 1240. The summed E-state index contributed by atoms with van der Waals surface area (Å²) in [4.78, 5) is 16.5. The minimum absolute atomic E-state index is 0.187. The van der Waals surface area contributed by atoms with Crippen molar-refractivity contribution in [2.45, 2.75) is 6.42 Å². The summed E-state index contributed by atoms with van der Waals surface area (Å²) < 4.78 is 15.6. The highest BCUT2D eigenvalue weighted by Crippen LogP contribution is 2.20. The molecule has 5 rings (SSSR count). The fraction of sp³-hybridized carbons (Fsp3) is 0.217. The molecule has 4 aromatic rings. The van der Waals surface area contributed by atoms with Crippen molar-refractivity contribution in [2.75, 3.05) is 36.4 Å². The molecule has 3 heterocycles. The Hall–Kier alpha value is -4.01. The van der Waals surface area contributed by atoms with E-state index in [1.165, 1.54) is 6.07 Å². The van der Waals surface area contributed by atoms with Gasteiger partial charge in [0.2, 0.25) is 0 Å². The molecule has 2 aromatic carbocycles. The van der Waals surface area contributed by atoms with Crippen LogP contribution in [0.1, 0.15) is 6.42 Å². The van der Waals surface area contributed by atoms with E-state index in [0.29, 0.717) is 31.1 Å². The summed E-state index contributed by atoms with van der Waals surface area (Å²) in [6.07, 6.45) is 0.776. The number of anilines is 2. The molecule has 8 nitrogen and oxygen atoms in total. The zero-order chi connectivity index (χ0) is 21.9. The van der Waals surface area contributed by atoms with Crippen molar-refractivity contribution >= 4 is 23.2 Å². The first-order valence-corrected chi connectivity index (χ1v) is 10.5. The molecular formula is C23H22FN7O. The molecule has 0 saturated carbocycles. The first kappa shape index (κ1) is 19.9. The second kappa shape index (κ2) is 8.62. The lowest BCUT2D eigenvalue weighted by molar-refractivity contribution is 0.215. The third-order valence-corrected chi connectivity index (χ3v) is 5.50. The number of rotatable bonds is 3. The maximum Gasteiger partial charge on any atom is 0.321 e. The van der Waals surface area contributed by atoms with Crippen molar-refractivity contribution in [3.05, 3.63) is 72.5 Å². The number of nitrogens with one attached hydrogen (secondary N) is 1. The molecule has 162 valence electrons. The van der Waals surface area contributed by atoms with E-state index in [2.05, 4.69) is 20.4 Å². The third-order valence-electron chi connectivity index (χ3n) is 5.50. The molecule has 1 N–H and O–H groups in total. The standard InChI is InChI=1S/C23H22FN7O/c24-18-9-4-5-10-19(18)25-23(32)30-14-6-13-29(15-16-30)21-12-11-20-26-27-22(31(20)28-21)17-7-2-1-3-8-17/h1-5,7-12H,6,13-16H2,(H,25,32). The lowest BCUT2D eigenvalue weighted by atomic mass is 10.2. The molecule has 1 aliphatic rings. The van der Waals surface area contributed by atoms with E-state index >= 15 is 0 Å². The van der Waals surface area contributed by atoms with Gasteiger partial charge in [-0.25, -0.2) is 9.18 Å².